The molecule has 2 rings (SSSR count). The molecule has 0 amide bonds. The molecule has 1 aromatic carbocycles. The number of nitrogens with one attached hydrogen (secondary N) is 1. The molecule has 0 saturated heterocycles. The topological polar surface area (TPSA) is 98.5 Å². The fourth-order valence-electron chi connectivity index (χ4n) is 2.23. The molecule has 2 aromatic rings. The standard InChI is InChI=1S/C17H17N5/c1-2-3-9-21-17-14(11-19)15(12-7-5-4-6-8-12)13(10-18)16(20)22-17/h4-8H,2-3,9H2,1H3,(H3,20,21,22). The number of hydrogen-bond donors (Lipinski definition) is 2. The van der Waals surface area contributed by atoms with E-state index in [1.807, 2.05) is 30.3 Å². The Morgan fingerprint density at radius 2 is 1.82 bits per heavy atom. The third kappa shape index (κ3) is 2.99. The van der Waals surface area contributed by atoms with Crippen molar-refractivity contribution < 1.29 is 0 Å². The van der Waals surface area contributed by atoms with Crippen LogP contribution in [-0.2, 0) is 0 Å². The van der Waals surface area contributed by atoms with Gasteiger partial charge < -0.3 is 11.1 Å². The van der Waals surface area contributed by atoms with E-state index in [0.29, 0.717) is 23.5 Å². The van der Waals surface area contributed by atoms with Gasteiger partial charge in [-0.15, -0.1) is 0 Å². The van der Waals surface area contributed by atoms with Gasteiger partial charge in [0.1, 0.15) is 34.9 Å². The van der Waals surface area contributed by atoms with E-state index in [1.165, 1.54) is 0 Å². The molecule has 5 nitrogen and oxygen atoms in total. The summed E-state index contributed by atoms with van der Waals surface area (Å²) in [5, 5.41) is 22.1. The van der Waals surface area contributed by atoms with Crippen LogP contribution < -0.4 is 11.1 Å². The van der Waals surface area contributed by atoms with Crippen molar-refractivity contribution >= 4 is 11.6 Å². The molecular formula is C17H17N5. The second-order valence-electron chi connectivity index (χ2n) is 4.84. The zero-order valence-electron chi connectivity index (χ0n) is 12.4. The van der Waals surface area contributed by atoms with Gasteiger partial charge in [-0.3, -0.25) is 0 Å². The van der Waals surface area contributed by atoms with E-state index in [0.717, 1.165) is 18.4 Å². The fraction of sp³-hybridized carbons (Fsp3) is 0.235. The maximum Gasteiger partial charge on any atom is 0.147 e. The number of nitrogens with zero attached hydrogens (tertiary/aromatic N) is 3. The van der Waals surface area contributed by atoms with Crippen LogP contribution in [0.25, 0.3) is 11.1 Å². The molecule has 0 atom stereocenters. The summed E-state index contributed by atoms with van der Waals surface area (Å²) in [6.07, 6.45) is 2.00. The molecule has 0 unspecified atom stereocenters. The van der Waals surface area contributed by atoms with Crippen molar-refractivity contribution in [3.05, 3.63) is 41.5 Å². The largest absolute Gasteiger partial charge is 0.383 e. The highest BCUT2D eigenvalue weighted by molar-refractivity contribution is 5.84. The number of rotatable bonds is 5. The lowest BCUT2D eigenvalue weighted by Crippen LogP contribution is -2.09. The molecule has 0 saturated carbocycles. The summed E-state index contributed by atoms with van der Waals surface area (Å²) in [6, 6.07) is 13.5. The molecule has 0 fully saturated rings. The van der Waals surface area contributed by atoms with Gasteiger partial charge in [-0.05, 0) is 12.0 Å². The van der Waals surface area contributed by atoms with E-state index in [-0.39, 0.29) is 11.4 Å². The number of nitriles is 2. The van der Waals surface area contributed by atoms with Crippen molar-refractivity contribution in [2.45, 2.75) is 19.8 Å². The number of nitrogen functional groups attached to an aromatic ring is 1. The Morgan fingerprint density at radius 3 is 2.41 bits per heavy atom. The molecule has 1 aromatic heterocycles. The van der Waals surface area contributed by atoms with Crippen molar-refractivity contribution in [2.24, 2.45) is 0 Å². The minimum absolute atomic E-state index is 0.138. The van der Waals surface area contributed by atoms with Gasteiger partial charge in [-0.1, -0.05) is 43.7 Å². The van der Waals surface area contributed by atoms with Crippen LogP contribution in [0.3, 0.4) is 0 Å². The monoisotopic (exact) mass is 291 g/mol. The molecule has 0 radical (unpaired) electrons. The van der Waals surface area contributed by atoms with Crippen molar-refractivity contribution in [2.75, 3.05) is 17.6 Å². The number of hydrogen-bond acceptors (Lipinski definition) is 5. The lowest BCUT2D eigenvalue weighted by molar-refractivity contribution is 0.831. The van der Waals surface area contributed by atoms with Gasteiger partial charge in [0.2, 0.25) is 0 Å². The highest BCUT2D eigenvalue weighted by atomic mass is 15.0. The quantitative estimate of drug-likeness (QED) is 0.823. The van der Waals surface area contributed by atoms with E-state index in [2.05, 4.69) is 29.4 Å². The average Bonchev–Trinajstić information content (AvgIpc) is 2.55. The number of unbranched alkanes of at least 4 members (excludes halogenated alkanes) is 1. The molecule has 0 aliphatic carbocycles. The Morgan fingerprint density at radius 1 is 1.14 bits per heavy atom. The number of nitrogens with two attached hydrogens (primary N) is 1. The van der Waals surface area contributed by atoms with E-state index >= 15 is 0 Å². The molecule has 0 spiro atoms. The second kappa shape index (κ2) is 7.10. The van der Waals surface area contributed by atoms with Crippen LogP contribution in [0.2, 0.25) is 0 Å². The van der Waals surface area contributed by atoms with Crippen LogP contribution >= 0.6 is 0 Å². The highest BCUT2D eigenvalue weighted by Crippen LogP contribution is 2.33. The Kier molecular flexibility index (Phi) is 4.95. The van der Waals surface area contributed by atoms with Gasteiger partial charge in [0.25, 0.3) is 0 Å². The Hall–Kier alpha value is -3.05. The van der Waals surface area contributed by atoms with E-state index in [1.54, 1.807) is 0 Å². The van der Waals surface area contributed by atoms with Gasteiger partial charge in [0, 0.05) is 12.1 Å². The lowest BCUT2D eigenvalue weighted by Gasteiger charge is -2.14. The molecule has 110 valence electrons. The first kappa shape index (κ1) is 15.3. The number of aromatic nitrogens is 1. The summed E-state index contributed by atoms with van der Waals surface area (Å²) in [5.41, 5.74) is 7.83. The van der Waals surface area contributed by atoms with Crippen molar-refractivity contribution in [3.8, 4) is 23.3 Å². The lowest BCUT2D eigenvalue weighted by atomic mass is 9.96. The highest BCUT2D eigenvalue weighted by Gasteiger charge is 2.19. The number of pyridine rings is 1. The predicted octanol–water partition coefficient (Wildman–Crippen LogP) is 3.29. The van der Waals surface area contributed by atoms with Gasteiger partial charge in [-0.25, -0.2) is 4.98 Å². The number of benzene rings is 1. The van der Waals surface area contributed by atoms with Gasteiger partial charge >= 0.3 is 0 Å². The van der Waals surface area contributed by atoms with Crippen molar-refractivity contribution in [1.82, 2.24) is 4.98 Å². The molecule has 1 heterocycles. The Bertz CT molecular complexity index is 738. The smallest absolute Gasteiger partial charge is 0.147 e. The molecule has 3 N–H and O–H groups in total. The SMILES string of the molecule is CCCCNc1nc(N)c(C#N)c(-c2ccccc2)c1C#N. The zero-order chi connectivity index (χ0) is 15.9. The van der Waals surface area contributed by atoms with Gasteiger partial charge in [0.05, 0.1) is 0 Å². The van der Waals surface area contributed by atoms with Crippen LogP contribution in [0.1, 0.15) is 30.9 Å². The summed E-state index contributed by atoms with van der Waals surface area (Å²) in [6.45, 7) is 2.79. The first-order valence-electron chi connectivity index (χ1n) is 7.15. The predicted molar refractivity (Wildman–Crippen MR) is 86.9 cm³/mol. The summed E-state index contributed by atoms with van der Waals surface area (Å²) in [4.78, 5) is 4.19. The van der Waals surface area contributed by atoms with Crippen molar-refractivity contribution in [3.63, 3.8) is 0 Å². The minimum atomic E-state index is 0.138. The summed E-state index contributed by atoms with van der Waals surface area (Å²) in [7, 11) is 0. The molecule has 0 aliphatic rings. The van der Waals surface area contributed by atoms with Gasteiger partial charge in [0.15, 0.2) is 0 Å². The van der Waals surface area contributed by atoms with Crippen LogP contribution in [-0.4, -0.2) is 11.5 Å². The number of anilines is 2. The first-order valence-corrected chi connectivity index (χ1v) is 7.15. The van der Waals surface area contributed by atoms with Crippen LogP contribution in [0.15, 0.2) is 30.3 Å². The molecule has 5 heteroatoms. The van der Waals surface area contributed by atoms with Crippen LogP contribution in [0.5, 0.6) is 0 Å². The Labute approximate surface area is 130 Å². The maximum atomic E-state index is 9.55. The zero-order valence-corrected chi connectivity index (χ0v) is 12.4. The minimum Gasteiger partial charge on any atom is -0.383 e. The summed E-state index contributed by atoms with van der Waals surface area (Å²) in [5.74, 6) is 0.575. The van der Waals surface area contributed by atoms with Crippen LogP contribution in [0.4, 0.5) is 11.6 Å². The normalized spacial score (nSPS) is 9.77. The summed E-state index contributed by atoms with van der Waals surface area (Å²) >= 11 is 0. The van der Waals surface area contributed by atoms with E-state index in [4.69, 9.17) is 5.73 Å². The third-order valence-corrected chi connectivity index (χ3v) is 3.33. The molecule has 22 heavy (non-hydrogen) atoms. The third-order valence-electron chi connectivity index (χ3n) is 3.33. The van der Waals surface area contributed by atoms with E-state index < -0.39 is 0 Å². The first-order chi connectivity index (χ1) is 10.7. The Balaban J connectivity index is 2.64. The average molecular weight is 291 g/mol. The molecule has 0 bridgehead atoms. The summed E-state index contributed by atoms with van der Waals surface area (Å²) < 4.78 is 0. The van der Waals surface area contributed by atoms with Gasteiger partial charge in [-0.2, -0.15) is 10.5 Å². The second-order valence-corrected chi connectivity index (χ2v) is 4.84. The fourth-order valence-corrected chi connectivity index (χ4v) is 2.23. The molecule has 0 aliphatic heterocycles. The van der Waals surface area contributed by atoms with Crippen LogP contribution in [0, 0.1) is 22.7 Å². The van der Waals surface area contributed by atoms with E-state index in [9.17, 15) is 10.5 Å². The van der Waals surface area contributed by atoms with Crippen molar-refractivity contribution in [1.29, 1.82) is 10.5 Å². The maximum absolute atomic E-state index is 9.55. The molecular weight excluding hydrogens is 274 g/mol.